The Labute approximate surface area is 110 Å². The lowest BCUT2D eigenvalue weighted by atomic mass is 9.87. The number of hydrogen-bond donors (Lipinski definition) is 0. The molecule has 0 amide bonds. The van der Waals surface area contributed by atoms with Gasteiger partial charge in [0.05, 0.1) is 13.2 Å². The molecule has 0 unspecified atom stereocenters. The lowest BCUT2D eigenvalue weighted by Crippen LogP contribution is -2.38. The van der Waals surface area contributed by atoms with Crippen LogP contribution in [-0.2, 0) is 14.3 Å². The third-order valence-corrected chi connectivity index (χ3v) is 3.95. The van der Waals surface area contributed by atoms with Gasteiger partial charge in [-0.15, -0.1) is 0 Å². The van der Waals surface area contributed by atoms with Crippen LogP contribution in [-0.4, -0.2) is 50.3 Å². The molecule has 104 valence electrons. The molecule has 1 aliphatic carbocycles. The van der Waals surface area contributed by atoms with E-state index in [0.29, 0.717) is 18.9 Å². The molecule has 0 spiro atoms. The zero-order chi connectivity index (χ0) is 12.6. The molecule has 4 nitrogen and oxygen atoms in total. The van der Waals surface area contributed by atoms with Crippen LogP contribution in [0.5, 0.6) is 0 Å². The second kappa shape index (κ2) is 7.74. The van der Waals surface area contributed by atoms with Gasteiger partial charge in [-0.25, -0.2) is 0 Å². The second-order valence-electron chi connectivity index (χ2n) is 5.38. The minimum Gasteiger partial charge on any atom is -0.464 e. The predicted molar refractivity (Wildman–Crippen MR) is 69.4 cm³/mol. The van der Waals surface area contributed by atoms with Crippen molar-refractivity contribution in [2.24, 2.45) is 5.92 Å². The summed E-state index contributed by atoms with van der Waals surface area (Å²) in [7, 11) is 0. The van der Waals surface area contributed by atoms with Crippen LogP contribution in [0.3, 0.4) is 0 Å². The summed E-state index contributed by atoms with van der Waals surface area (Å²) in [5.74, 6) is 0.574. The molecule has 0 atom stereocenters. The first-order valence-electron chi connectivity index (χ1n) is 7.30. The highest BCUT2D eigenvalue weighted by atomic mass is 16.5. The van der Waals surface area contributed by atoms with E-state index in [-0.39, 0.29) is 5.97 Å². The van der Waals surface area contributed by atoms with Gasteiger partial charge in [-0.2, -0.15) is 0 Å². The van der Waals surface area contributed by atoms with Gasteiger partial charge in [-0.3, -0.25) is 9.69 Å². The Morgan fingerprint density at radius 2 is 1.89 bits per heavy atom. The van der Waals surface area contributed by atoms with Crippen LogP contribution in [0, 0.1) is 5.92 Å². The lowest BCUT2D eigenvalue weighted by Gasteiger charge is -2.26. The maximum atomic E-state index is 11.7. The number of carbonyl (C=O) groups is 1. The largest absolute Gasteiger partial charge is 0.464 e. The Balaban J connectivity index is 1.53. The fraction of sp³-hybridized carbons (Fsp3) is 0.929. The van der Waals surface area contributed by atoms with Crippen LogP contribution in [0.25, 0.3) is 0 Å². The molecule has 4 heteroatoms. The molecule has 2 rings (SSSR count). The molecule has 18 heavy (non-hydrogen) atoms. The SMILES string of the molecule is O=C(CC1CCCCC1)OCCN1CCOCC1. The van der Waals surface area contributed by atoms with E-state index >= 15 is 0 Å². The standard InChI is InChI=1S/C14H25NO3/c16-14(12-13-4-2-1-3-5-13)18-11-8-15-6-9-17-10-7-15/h13H,1-12H2. The topological polar surface area (TPSA) is 38.8 Å². The molecule has 0 bridgehead atoms. The fourth-order valence-electron chi connectivity index (χ4n) is 2.80. The van der Waals surface area contributed by atoms with Crippen molar-refractivity contribution in [1.82, 2.24) is 4.90 Å². The second-order valence-corrected chi connectivity index (χ2v) is 5.38. The summed E-state index contributed by atoms with van der Waals surface area (Å²) in [5.41, 5.74) is 0. The van der Waals surface area contributed by atoms with Gasteiger partial charge in [0.15, 0.2) is 0 Å². The summed E-state index contributed by atoms with van der Waals surface area (Å²) in [6, 6.07) is 0. The van der Waals surface area contributed by atoms with Crippen molar-refractivity contribution in [2.45, 2.75) is 38.5 Å². The molecule has 0 aromatic carbocycles. The lowest BCUT2D eigenvalue weighted by molar-refractivity contribution is -0.145. The van der Waals surface area contributed by atoms with Gasteiger partial charge in [0.25, 0.3) is 0 Å². The quantitative estimate of drug-likeness (QED) is 0.703. The molecule has 2 fully saturated rings. The molecule has 1 saturated heterocycles. The molecule has 0 radical (unpaired) electrons. The zero-order valence-corrected chi connectivity index (χ0v) is 11.2. The molecule has 0 aromatic rings. The first-order chi connectivity index (χ1) is 8.84. The Kier molecular flexibility index (Phi) is 5.94. The van der Waals surface area contributed by atoms with Crippen molar-refractivity contribution in [3.63, 3.8) is 0 Å². The molecule has 2 aliphatic rings. The van der Waals surface area contributed by atoms with E-state index < -0.39 is 0 Å². The van der Waals surface area contributed by atoms with Gasteiger partial charge >= 0.3 is 5.97 Å². The van der Waals surface area contributed by atoms with Crippen LogP contribution in [0.2, 0.25) is 0 Å². The van der Waals surface area contributed by atoms with Gasteiger partial charge in [0.2, 0.25) is 0 Å². The highest BCUT2D eigenvalue weighted by molar-refractivity contribution is 5.69. The van der Waals surface area contributed by atoms with Gasteiger partial charge in [-0.05, 0) is 18.8 Å². The molecule has 1 heterocycles. The van der Waals surface area contributed by atoms with Crippen molar-refractivity contribution in [3.8, 4) is 0 Å². The summed E-state index contributed by atoms with van der Waals surface area (Å²) >= 11 is 0. The normalized spacial score (nSPS) is 22.9. The molecular formula is C14H25NO3. The van der Waals surface area contributed by atoms with E-state index in [4.69, 9.17) is 9.47 Å². The van der Waals surface area contributed by atoms with Crippen LogP contribution >= 0.6 is 0 Å². The van der Waals surface area contributed by atoms with Crippen molar-refractivity contribution in [2.75, 3.05) is 39.5 Å². The molecule has 0 N–H and O–H groups in total. The van der Waals surface area contributed by atoms with E-state index in [2.05, 4.69) is 4.90 Å². The van der Waals surface area contributed by atoms with Gasteiger partial charge in [-0.1, -0.05) is 19.3 Å². The number of ether oxygens (including phenoxy) is 2. The smallest absolute Gasteiger partial charge is 0.306 e. The van der Waals surface area contributed by atoms with E-state index in [1.807, 2.05) is 0 Å². The van der Waals surface area contributed by atoms with E-state index in [0.717, 1.165) is 32.8 Å². The predicted octanol–water partition coefficient (Wildman–Crippen LogP) is 1.83. The Hall–Kier alpha value is -0.610. The maximum Gasteiger partial charge on any atom is 0.306 e. The van der Waals surface area contributed by atoms with Crippen molar-refractivity contribution in [3.05, 3.63) is 0 Å². The summed E-state index contributed by atoms with van der Waals surface area (Å²) in [6.45, 7) is 4.90. The van der Waals surface area contributed by atoms with E-state index in [1.54, 1.807) is 0 Å². The molecule has 1 aliphatic heterocycles. The summed E-state index contributed by atoms with van der Waals surface area (Å²) < 4.78 is 10.6. The minimum atomic E-state index is -0.00448. The number of hydrogen-bond acceptors (Lipinski definition) is 4. The highest BCUT2D eigenvalue weighted by Crippen LogP contribution is 2.26. The van der Waals surface area contributed by atoms with E-state index in [1.165, 1.54) is 32.1 Å². The first-order valence-corrected chi connectivity index (χ1v) is 7.30. The van der Waals surface area contributed by atoms with Crippen LogP contribution in [0.15, 0.2) is 0 Å². The van der Waals surface area contributed by atoms with Crippen molar-refractivity contribution in [1.29, 1.82) is 0 Å². The number of esters is 1. The first kappa shape index (κ1) is 13.8. The minimum absolute atomic E-state index is 0.00448. The van der Waals surface area contributed by atoms with Crippen LogP contribution < -0.4 is 0 Å². The number of morpholine rings is 1. The number of nitrogens with zero attached hydrogens (tertiary/aromatic N) is 1. The van der Waals surface area contributed by atoms with Gasteiger partial charge in [0, 0.05) is 26.1 Å². The van der Waals surface area contributed by atoms with E-state index in [9.17, 15) is 4.79 Å². The van der Waals surface area contributed by atoms with Crippen molar-refractivity contribution >= 4 is 5.97 Å². The van der Waals surface area contributed by atoms with Crippen LogP contribution in [0.1, 0.15) is 38.5 Å². The van der Waals surface area contributed by atoms with Crippen molar-refractivity contribution < 1.29 is 14.3 Å². The fourth-order valence-corrected chi connectivity index (χ4v) is 2.80. The third-order valence-electron chi connectivity index (χ3n) is 3.95. The van der Waals surface area contributed by atoms with Gasteiger partial charge in [0.1, 0.15) is 6.61 Å². The van der Waals surface area contributed by atoms with Gasteiger partial charge < -0.3 is 9.47 Å². The Morgan fingerprint density at radius 3 is 2.61 bits per heavy atom. The third kappa shape index (κ3) is 4.94. The summed E-state index contributed by atoms with van der Waals surface area (Å²) in [5, 5.41) is 0. The Bertz CT molecular complexity index is 245. The Morgan fingerprint density at radius 1 is 1.17 bits per heavy atom. The summed E-state index contributed by atoms with van der Waals surface area (Å²) in [4.78, 5) is 14.0. The number of rotatable bonds is 5. The van der Waals surface area contributed by atoms with Crippen LogP contribution in [0.4, 0.5) is 0 Å². The number of carbonyl (C=O) groups excluding carboxylic acids is 1. The highest BCUT2D eigenvalue weighted by Gasteiger charge is 2.18. The monoisotopic (exact) mass is 255 g/mol. The maximum absolute atomic E-state index is 11.7. The zero-order valence-electron chi connectivity index (χ0n) is 11.2. The average molecular weight is 255 g/mol. The molecular weight excluding hydrogens is 230 g/mol. The summed E-state index contributed by atoms with van der Waals surface area (Å²) in [6.07, 6.45) is 6.94. The molecule has 0 aromatic heterocycles. The average Bonchev–Trinajstić information content (AvgIpc) is 2.41. The molecule has 1 saturated carbocycles.